The Morgan fingerprint density at radius 2 is 1.68 bits per heavy atom. The smallest absolute Gasteiger partial charge is 0.261 e. The van der Waals surface area contributed by atoms with Gasteiger partial charge in [0, 0.05) is 29.0 Å². The third kappa shape index (κ3) is 7.61. The van der Waals surface area contributed by atoms with E-state index in [4.69, 9.17) is 16.3 Å². The number of hydrogen-bond donors (Lipinski definition) is 1. The van der Waals surface area contributed by atoms with Crippen molar-refractivity contribution in [1.82, 2.24) is 10.2 Å². The van der Waals surface area contributed by atoms with Crippen LogP contribution in [0.15, 0.2) is 83.3 Å². The molecule has 3 aromatic carbocycles. The molecule has 0 aromatic heterocycles. The molecule has 3 aromatic rings. The molecular weight excluding hydrogens is 516 g/mol. The monoisotopic (exact) mass is 542 g/mol. The molecule has 178 valence electrons. The average molecular weight is 544 g/mol. The van der Waals surface area contributed by atoms with Crippen LogP contribution in [-0.4, -0.2) is 35.9 Å². The lowest BCUT2D eigenvalue weighted by atomic mass is 10.0. The number of amides is 2. The lowest BCUT2D eigenvalue weighted by Gasteiger charge is -2.31. The van der Waals surface area contributed by atoms with E-state index in [1.54, 1.807) is 23.1 Å². The van der Waals surface area contributed by atoms with Gasteiger partial charge in [-0.25, -0.2) is 0 Å². The van der Waals surface area contributed by atoms with Crippen LogP contribution >= 0.6 is 27.5 Å². The van der Waals surface area contributed by atoms with Gasteiger partial charge < -0.3 is 15.0 Å². The molecule has 0 aliphatic heterocycles. The zero-order chi connectivity index (χ0) is 24.3. The largest absolute Gasteiger partial charge is 0.484 e. The van der Waals surface area contributed by atoms with Crippen LogP contribution in [-0.2, 0) is 22.6 Å². The third-order valence-electron chi connectivity index (χ3n) is 5.29. The van der Waals surface area contributed by atoms with Crippen LogP contribution in [0, 0.1) is 0 Å². The van der Waals surface area contributed by atoms with E-state index in [9.17, 15) is 9.59 Å². The maximum Gasteiger partial charge on any atom is 0.261 e. The van der Waals surface area contributed by atoms with Crippen LogP contribution in [0.3, 0.4) is 0 Å². The number of rotatable bonds is 11. The molecule has 1 N–H and O–H groups in total. The first-order chi connectivity index (χ1) is 16.5. The second-order valence-corrected chi connectivity index (χ2v) is 9.18. The van der Waals surface area contributed by atoms with Gasteiger partial charge in [0.2, 0.25) is 5.91 Å². The quantitative estimate of drug-likeness (QED) is 0.340. The van der Waals surface area contributed by atoms with E-state index in [0.29, 0.717) is 23.7 Å². The zero-order valence-corrected chi connectivity index (χ0v) is 21.4. The zero-order valence-electron chi connectivity index (χ0n) is 19.0. The number of hydrogen-bond acceptors (Lipinski definition) is 3. The van der Waals surface area contributed by atoms with Crippen molar-refractivity contribution in [2.75, 3.05) is 13.2 Å². The van der Waals surface area contributed by atoms with E-state index >= 15 is 0 Å². The van der Waals surface area contributed by atoms with Crippen LogP contribution in [0.1, 0.15) is 24.5 Å². The summed E-state index contributed by atoms with van der Waals surface area (Å²) in [6.07, 6.45) is 1.18. The van der Waals surface area contributed by atoms with E-state index in [-0.39, 0.29) is 25.0 Å². The fourth-order valence-corrected chi connectivity index (χ4v) is 3.95. The van der Waals surface area contributed by atoms with Gasteiger partial charge in [-0.15, -0.1) is 0 Å². The van der Waals surface area contributed by atoms with Gasteiger partial charge in [0.15, 0.2) is 6.61 Å². The van der Waals surface area contributed by atoms with E-state index in [1.165, 1.54) is 0 Å². The molecule has 0 aliphatic rings. The van der Waals surface area contributed by atoms with Crippen molar-refractivity contribution >= 4 is 39.3 Å². The fourth-order valence-electron chi connectivity index (χ4n) is 3.49. The Labute approximate surface area is 214 Å². The highest BCUT2D eigenvalue weighted by Gasteiger charge is 2.31. The summed E-state index contributed by atoms with van der Waals surface area (Å²) in [6.45, 7) is 2.52. The summed E-state index contributed by atoms with van der Waals surface area (Å²) >= 11 is 9.81. The molecule has 0 fully saturated rings. The van der Waals surface area contributed by atoms with Crippen molar-refractivity contribution in [2.24, 2.45) is 0 Å². The van der Waals surface area contributed by atoms with Crippen molar-refractivity contribution in [2.45, 2.75) is 32.4 Å². The molecule has 0 heterocycles. The molecular formula is C27H28BrClN2O3. The number of carbonyl (C=O) groups is 2. The maximum atomic E-state index is 13.5. The van der Waals surface area contributed by atoms with Gasteiger partial charge in [-0.1, -0.05) is 83.0 Å². The van der Waals surface area contributed by atoms with Gasteiger partial charge in [0.25, 0.3) is 5.91 Å². The summed E-state index contributed by atoms with van der Waals surface area (Å²) in [4.78, 5) is 28.3. The molecule has 5 nitrogen and oxygen atoms in total. The average Bonchev–Trinajstić information content (AvgIpc) is 2.85. The maximum absolute atomic E-state index is 13.5. The van der Waals surface area contributed by atoms with Crippen LogP contribution in [0.5, 0.6) is 5.75 Å². The number of nitrogens with zero attached hydrogens (tertiary/aromatic N) is 1. The topological polar surface area (TPSA) is 58.6 Å². The molecule has 1 unspecified atom stereocenters. The Hall–Kier alpha value is -2.83. The summed E-state index contributed by atoms with van der Waals surface area (Å²) < 4.78 is 6.67. The second kappa shape index (κ2) is 13.2. The van der Waals surface area contributed by atoms with Crippen molar-refractivity contribution in [3.8, 4) is 5.75 Å². The lowest BCUT2D eigenvalue weighted by molar-refractivity contribution is -0.142. The van der Waals surface area contributed by atoms with Gasteiger partial charge in [0.05, 0.1) is 0 Å². The minimum absolute atomic E-state index is 0.194. The third-order valence-corrected chi connectivity index (χ3v) is 6.19. The summed E-state index contributed by atoms with van der Waals surface area (Å²) in [6, 6.07) is 23.6. The minimum Gasteiger partial charge on any atom is -0.484 e. The Bertz CT molecular complexity index is 1080. The Morgan fingerprint density at radius 3 is 2.35 bits per heavy atom. The summed E-state index contributed by atoms with van der Waals surface area (Å²) in [5.74, 6) is 0.0782. The molecule has 0 bridgehead atoms. The first-order valence-corrected chi connectivity index (χ1v) is 12.4. The number of benzene rings is 3. The van der Waals surface area contributed by atoms with Crippen LogP contribution in [0.2, 0.25) is 5.02 Å². The van der Waals surface area contributed by atoms with E-state index in [0.717, 1.165) is 22.0 Å². The summed E-state index contributed by atoms with van der Waals surface area (Å²) in [5.41, 5.74) is 1.73. The first kappa shape index (κ1) is 25.8. The Kier molecular flexibility index (Phi) is 9.98. The fraction of sp³-hybridized carbons (Fsp3) is 0.259. The normalized spacial score (nSPS) is 11.5. The van der Waals surface area contributed by atoms with Crippen molar-refractivity contribution in [3.63, 3.8) is 0 Å². The highest BCUT2D eigenvalue weighted by atomic mass is 79.9. The number of halogens is 2. The highest BCUT2D eigenvalue weighted by molar-refractivity contribution is 9.10. The minimum atomic E-state index is -0.716. The Morgan fingerprint density at radius 1 is 1.00 bits per heavy atom. The summed E-state index contributed by atoms with van der Waals surface area (Å²) in [7, 11) is 0. The van der Waals surface area contributed by atoms with Crippen LogP contribution < -0.4 is 10.1 Å². The van der Waals surface area contributed by atoms with Gasteiger partial charge in [0.1, 0.15) is 11.8 Å². The molecule has 7 heteroatoms. The van der Waals surface area contributed by atoms with Gasteiger partial charge in [-0.05, 0) is 47.9 Å². The van der Waals surface area contributed by atoms with Gasteiger partial charge in [-0.2, -0.15) is 0 Å². The molecule has 0 radical (unpaired) electrons. The van der Waals surface area contributed by atoms with Crippen LogP contribution in [0.4, 0.5) is 0 Å². The molecule has 34 heavy (non-hydrogen) atoms. The molecule has 3 rings (SSSR count). The van der Waals surface area contributed by atoms with Crippen molar-refractivity contribution in [3.05, 3.63) is 99.5 Å². The Balaban J connectivity index is 1.89. The molecule has 0 saturated carbocycles. The molecule has 1 atom stereocenters. The van der Waals surface area contributed by atoms with E-state index < -0.39 is 6.04 Å². The molecule has 0 aliphatic carbocycles. The van der Waals surface area contributed by atoms with E-state index in [2.05, 4.69) is 21.2 Å². The second-order valence-electron chi connectivity index (χ2n) is 7.85. The predicted molar refractivity (Wildman–Crippen MR) is 139 cm³/mol. The molecule has 2 amide bonds. The van der Waals surface area contributed by atoms with Gasteiger partial charge in [-0.3, -0.25) is 9.59 Å². The van der Waals surface area contributed by atoms with E-state index in [1.807, 2.05) is 67.6 Å². The number of carbonyl (C=O) groups excluding carboxylic acids is 2. The number of ether oxygens (including phenoxy) is 1. The number of nitrogens with one attached hydrogen (secondary N) is 1. The predicted octanol–water partition coefficient (Wildman–Crippen LogP) is 5.65. The highest BCUT2D eigenvalue weighted by Crippen LogP contribution is 2.21. The van der Waals surface area contributed by atoms with Crippen molar-refractivity contribution < 1.29 is 14.3 Å². The first-order valence-electron chi connectivity index (χ1n) is 11.2. The summed E-state index contributed by atoms with van der Waals surface area (Å²) in [5, 5.41) is 3.50. The van der Waals surface area contributed by atoms with Gasteiger partial charge >= 0.3 is 0 Å². The van der Waals surface area contributed by atoms with Crippen molar-refractivity contribution in [1.29, 1.82) is 0 Å². The lowest BCUT2D eigenvalue weighted by Crippen LogP contribution is -2.51. The standard InChI is InChI=1S/C27H28BrClN2O3/c1-2-16-30-27(33)25(17-20-8-4-3-5-9-20)31(18-21-10-6-7-11-24(21)29)26(32)19-34-23-14-12-22(28)13-15-23/h3-15,25H,2,16-19H2,1H3,(H,30,33). The SMILES string of the molecule is CCCNC(=O)C(Cc1ccccc1)N(Cc1ccccc1Cl)C(=O)COc1ccc(Br)cc1. The molecule has 0 spiro atoms. The van der Waals surface area contributed by atoms with Crippen LogP contribution in [0.25, 0.3) is 0 Å². The molecule has 0 saturated heterocycles.